The first-order valence-corrected chi connectivity index (χ1v) is 40.2. The molecular weight excluding hydrogens is 1630 g/mol. The van der Waals surface area contributed by atoms with Gasteiger partial charge in [-0.3, -0.25) is 49.9 Å². The standard InChI is InChI=1S/2C19H14FN3.C18H13F2N.C17H10F3N.2C17H11F2N/c1-12-4-5-13(8-17(12)20)19-16(3-2-6-22-19)14-7-15-9-21-11-18(15)23-10-14;1-12-4-5-16(17(20)7-12)19-15(3-2-6-22-19)13-8-14-9-21-11-18(14)23-10-13;1-12-11-14(6-9-17(12)20)18-16(3-2-10-21-18)13-4-7-15(19)8-5-13;18-13-6-3-11(4-7-13)14-2-1-9-21-17(14)12-5-8-15(19)16(20)10-12;18-14-8-6-12(7-9-14)16-5-2-10-20-17(16)13-3-1-4-15(19)11-13;18-13-9-7-12(8-10-13)14-5-3-11-20-17(14)15-4-1-2-6-16(15)19/h2*2-10H,11H2,1H3;2-11H,1H3;1-10H;2*1-11H. The quantitative estimate of drug-likeness (QED) is 0.111. The van der Waals surface area contributed by atoms with Gasteiger partial charge < -0.3 is 0 Å². The van der Waals surface area contributed by atoms with Crippen LogP contribution in [0.3, 0.4) is 0 Å². The third kappa shape index (κ3) is 21.1. The van der Waals surface area contributed by atoms with E-state index in [1.807, 2.05) is 98.3 Å². The molecule has 0 aliphatic carbocycles. The van der Waals surface area contributed by atoms with E-state index in [1.54, 1.807) is 179 Å². The first-order chi connectivity index (χ1) is 62.2. The second-order valence-corrected chi connectivity index (χ2v) is 29.4. The number of aromatic nitrogens is 8. The van der Waals surface area contributed by atoms with Gasteiger partial charge in [0.15, 0.2) is 11.6 Å². The van der Waals surface area contributed by atoms with Crippen LogP contribution in [-0.4, -0.2) is 52.3 Å². The van der Waals surface area contributed by atoms with E-state index in [0.29, 0.717) is 69.2 Å². The average molecular weight is 1710 g/mol. The van der Waals surface area contributed by atoms with E-state index >= 15 is 0 Å². The van der Waals surface area contributed by atoms with E-state index in [1.165, 1.54) is 91.0 Å². The van der Waals surface area contributed by atoms with Gasteiger partial charge in [0.1, 0.15) is 52.4 Å². The van der Waals surface area contributed by atoms with Gasteiger partial charge in [0.2, 0.25) is 0 Å². The highest BCUT2D eigenvalue weighted by molar-refractivity contribution is 5.91. The molecule has 0 spiro atoms. The Hall–Kier alpha value is -16.0. The van der Waals surface area contributed by atoms with Crippen LogP contribution in [0, 0.1) is 84.8 Å². The lowest BCUT2D eigenvalue weighted by atomic mass is 9.98. The molecule has 0 saturated heterocycles. The highest BCUT2D eigenvalue weighted by atomic mass is 19.2. The van der Waals surface area contributed by atoms with Gasteiger partial charge in [-0.1, -0.05) is 127 Å². The van der Waals surface area contributed by atoms with Crippen molar-refractivity contribution in [1.82, 2.24) is 39.9 Å². The molecule has 10 heterocycles. The number of rotatable bonds is 12. The van der Waals surface area contributed by atoms with Crippen LogP contribution in [0.5, 0.6) is 0 Å². The molecule has 20 rings (SSSR count). The summed E-state index contributed by atoms with van der Waals surface area (Å²) in [6, 6.07) is 82.6. The molecule has 8 aromatic heterocycles. The molecule has 0 N–H and O–H groups in total. The summed E-state index contributed by atoms with van der Waals surface area (Å²) >= 11 is 0. The Balaban J connectivity index is 0.000000118. The van der Waals surface area contributed by atoms with Gasteiger partial charge in [-0.15, -0.1) is 0 Å². The Morgan fingerprint density at radius 1 is 0.203 bits per heavy atom. The number of benzene rings is 10. The van der Waals surface area contributed by atoms with Crippen molar-refractivity contribution in [2.24, 2.45) is 9.98 Å². The van der Waals surface area contributed by atoms with Crippen LogP contribution in [0.25, 0.3) is 134 Å². The molecule has 0 atom stereocenters. The van der Waals surface area contributed by atoms with E-state index in [0.717, 1.165) is 129 Å². The van der Waals surface area contributed by atoms with E-state index in [4.69, 9.17) is 0 Å². The zero-order chi connectivity index (χ0) is 89.2. The number of pyridine rings is 8. The summed E-state index contributed by atoms with van der Waals surface area (Å²) in [5, 5.41) is 0. The molecule has 10 aromatic carbocycles. The number of nitrogens with zero attached hydrogens (tertiary/aromatic N) is 10. The minimum Gasteiger partial charge on any atom is -0.286 e. The molecule has 0 fully saturated rings. The number of hydrogen-bond donors (Lipinski definition) is 0. The van der Waals surface area contributed by atoms with E-state index in [-0.39, 0.29) is 52.4 Å². The fourth-order valence-corrected chi connectivity index (χ4v) is 14.2. The summed E-state index contributed by atoms with van der Waals surface area (Å²) in [5.74, 6) is -4.39. The Morgan fingerprint density at radius 2 is 0.555 bits per heavy atom. The molecule has 21 heteroatoms. The number of hydrogen-bond acceptors (Lipinski definition) is 10. The first kappa shape index (κ1) is 86.9. The maximum Gasteiger partial charge on any atom is 0.159 e. The SMILES string of the molecule is Cc1cc(-c2ncccc2-c2ccc(F)cc2)ccc1F.Cc1ccc(-c2ncccc2-c2cnc3c(c2)C=NC3)c(F)c1.Cc1ccc(-c2ncccc2-c2cnc3c(c2)C=NC3)cc1F.Fc1ccc(-c2cccnc2-c2ccc(F)c(F)c2)cc1.Fc1ccc(-c2cccnc2-c2cccc(F)c2)cc1.Fc1ccc(-c2cccnc2-c2ccccc2F)cc1. The molecule has 0 amide bonds. The van der Waals surface area contributed by atoms with Gasteiger partial charge in [-0.25, -0.2) is 48.3 Å². The van der Waals surface area contributed by atoms with Crippen LogP contribution < -0.4 is 0 Å². The maximum absolute atomic E-state index is 14.4. The van der Waals surface area contributed by atoms with Crippen LogP contribution in [0.2, 0.25) is 0 Å². The largest absolute Gasteiger partial charge is 0.286 e. The fourth-order valence-electron chi connectivity index (χ4n) is 14.2. The molecule has 0 unspecified atom stereocenters. The molecule has 628 valence electrons. The molecule has 18 aromatic rings. The van der Waals surface area contributed by atoms with Crippen LogP contribution in [-0.2, 0) is 13.1 Å². The van der Waals surface area contributed by atoms with Crippen LogP contribution in [0.15, 0.2) is 363 Å². The van der Waals surface area contributed by atoms with E-state index in [9.17, 15) is 48.3 Å². The average Bonchev–Trinajstić information content (AvgIpc) is 1.32. The van der Waals surface area contributed by atoms with Crippen molar-refractivity contribution in [3.05, 3.63) is 456 Å². The van der Waals surface area contributed by atoms with Gasteiger partial charge in [0.05, 0.1) is 58.6 Å². The van der Waals surface area contributed by atoms with Crippen molar-refractivity contribution in [3.63, 3.8) is 0 Å². The van der Waals surface area contributed by atoms with E-state index in [2.05, 4.69) is 55.9 Å². The maximum atomic E-state index is 14.4. The molecule has 2 aliphatic rings. The van der Waals surface area contributed by atoms with Crippen molar-refractivity contribution in [1.29, 1.82) is 0 Å². The molecule has 2 aliphatic heterocycles. The number of fused-ring (bicyclic) bond motifs is 2. The minimum atomic E-state index is -0.928. The Labute approximate surface area is 730 Å². The van der Waals surface area contributed by atoms with Gasteiger partial charge in [0.25, 0.3) is 0 Å². The predicted octanol–water partition coefficient (Wildman–Crippen LogP) is 27.6. The van der Waals surface area contributed by atoms with Crippen molar-refractivity contribution >= 4 is 12.4 Å². The lowest BCUT2D eigenvalue weighted by Crippen LogP contribution is -1.95. The monoisotopic (exact) mass is 1710 g/mol. The topological polar surface area (TPSA) is 128 Å². The Bertz CT molecular complexity index is 6940. The predicted molar refractivity (Wildman–Crippen MR) is 483 cm³/mol. The number of halogens is 11. The second-order valence-electron chi connectivity index (χ2n) is 29.4. The smallest absolute Gasteiger partial charge is 0.159 e. The molecule has 128 heavy (non-hydrogen) atoms. The third-order valence-corrected chi connectivity index (χ3v) is 20.7. The lowest BCUT2D eigenvalue weighted by molar-refractivity contribution is 0.509. The van der Waals surface area contributed by atoms with Crippen molar-refractivity contribution in [2.45, 2.75) is 33.9 Å². The highest BCUT2D eigenvalue weighted by Gasteiger charge is 2.21. The summed E-state index contributed by atoms with van der Waals surface area (Å²) in [4.78, 5) is 43.5. The first-order valence-electron chi connectivity index (χ1n) is 40.2. The summed E-state index contributed by atoms with van der Waals surface area (Å²) in [5.41, 5.74) is 23.9. The van der Waals surface area contributed by atoms with Crippen LogP contribution in [0.1, 0.15) is 39.2 Å². The molecular formula is C107H73F11N10. The van der Waals surface area contributed by atoms with Crippen LogP contribution in [0.4, 0.5) is 48.3 Å². The second kappa shape index (κ2) is 40.5. The summed E-state index contributed by atoms with van der Waals surface area (Å²) in [6.45, 7) is 6.61. The lowest BCUT2D eigenvalue weighted by Gasteiger charge is -2.11. The molecule has 0 saturated carbocycles. The third-order valence-electron chi connectivity index (χ3n) is 20.7. The fraction of sp³-hybridized carbons (Fsp3) is 0.0467. The molecule has 0 radical (unpaired) electrons. The summed E-state index contributed by atoms with van der Waals surface area (Å²) < 4.78 is 148. The van der Waals surface area contributed by atoms with Crippen molar-refractivity contribution in [3.8, 4) is 134 Å². The van der Waals surface area contributed by atoms with E-state index < -0.39 is 11.6 Å². The number of aryl methyl sites for hydroxylation is 3. The Morgan fingerprint density at radius 3 is 0.961 bits per heavy atom. The summed E-state index contributed by atoms with van der Waals surface area (Å²) in [7, 11) is 0. The van der Waals surface area contributed by atoms with Gasteiger partial charge in [-0.2, -0.15) is 0 Å². The number of aliphatic imine (C=N–C) groups is 2. The Kier molecular flexibility index (Phi) is 27.5. The highest BCUT2D eigenvalue weighted by Crippen LogP contribution is 2.39. The van der Waals surface area contributed by atoms with Gasteiger partial charge >= 0.3 is 0 Å². The molecule has 0 bridgehead atoms. The molecule has 10 nitrogen and oxygen atoms in total. The normalized spacial score (nSPS) is 11.2. The minimum absolute atomic E-state index is 0.224. The van der Waals surface area contributed by atoms with Gasteiger partial charge in [-0.05, 0) is 236 Å². The van der Waals surface area contributed by atoms with Crippen LogP contribution >= 0.6 is 0 Å². The van der Waals surface area contributed by atoms with Crippen molar-refractivity contribution < 1.29 is 48.3 Å². The zero-order valence-corrected chi connectivity index (χ0v) is 68.7. The van der Waals surface area contributed by atoms with Gasteiger partial charge in [0, 0.05) is 151 Å². The van der Waals surface area contributed by atoms with Crippen molar-refractivity contribution in [2.75, 3.05) is 0 Å². The zero-order valence-electron chi connectivity index (χ0n) is 68.7. The summed E-state index contributed by atoms with van der Waals surface area (Å²) in [6.07, 6.45) is 17.3.